The predicted molar refractivity (Wildman–Crippen MR) is 68.5 cm³/mol. The van der Waals surface area contributed by atoms with Crippen LogP contribution >= 0.6 is 15.9 Å². The molecule has 1 rings (SSSR count). The molecule has 1 atom stereocenters. The second-order valence-corrected chi connectivity index (χ2v) is 6.50. The Morgan fingerprint density at radius 3 is 2.53 bits per heavy atom. The Hall–Kier alpha value is -1.08. The highest BCUT2D eigenvalue weighted by molar-refractivity contribution is 9.10. The lowest BCUT2D eigenvalue weighted by Gasteiger charge is -2.13. The van der Waals surface area contributed by atoms with E-state index in [2.05, 4.69) is 20.7 Å². The van der Waals surface area contributed by atoms with Gasteiger partial charge in [0, 0.05) is 4.47 Å². The van der Waals surface area contributed by atoms with E-state index >= 15 is 0 Å². The number of aryl methyl sites for hydroxylation is 1. The third-order valence-corrected chi connectivity index (χ3v) is 4.38. The van der Waals surface area contributed by atoms with Gasteiger partial charge < -0.3 is 5.11 Å². The number of aliphatic carboxylic acids is 1. The summed E-state index contributed by atoms with van der Waals surface area (Å²) < 4.78 is 26.4. The average molecular weight is 322 g/mol. The van der Waals surface area contributed by atoms with Gasteiger partial charge in [0.25, 0.3) is 0 Å². The van der Waals surface area contributed by atoms with Gasteiger partial charge in [-0.05, 0) is 37.6 Å². The van der Waals surface area contributed by atoms with E-state index in [0.717, 1.165) is 11.4 Å². The highest BCUT2D eigenvalue weighted by atomic mass is 79.9. The van der Waals surface area contributed by atoms with Crippen LogP contribution in [-0.2, 0) is 14.8 Å². The summed E-state index contributed by atoms with van der Waals surface area (Å²) >= 11 is 3.26. The maximum atomic E-state index is 11.7. The van der Waals surface area contributed by atoms with Crippen molar-refractivity contribution in [2.24, 2.45) is 0 Å². The van der Waals surface area contributed by atoms with Gasteiger partial charge in [-0.1, -0.05) is 15.9 Å². The summed E-state index contributed by atoms with van der Waals surface area (Å²) in [5, 5.41) is 7.19. The topological polar surface area (TPSA) is 83.5 Å². The van der Waals surface area contributed by atoms with Crippen LogP contribution in [0.4, 0.5) is 5.69 Å². The molecule has 0 aliphatic heterocycles. The first-order valence-corrected chi connectivity index (χ1v) is 7.08. The first-order valence-electron chi connectivity index (χ1n) is 4.74. The van der Waals surface area contributed by atoms with Gasteiger partial charge >= 0.3 is 5.97 Å². The van der Waals surface area contributed by atoms with Gasteiger partial charge in [-0.2, -0.15) is 0 Å². The Morgan fingerprint density at radius 1 is 1.47 bits per heavy atom. The summed E-state index contributed by atoms with van der Waals surface area (Å²) in [6.45, 7) is 2.85. The zero-order valence-electron chi connectivity index (χ0n) is 9.27. The van der Waals surface area contributed by atoms with E-state index in [4.69, 9.17) is 5.11 Å². The van der Waals surface area contributed by atoms with Crippen LogP contribution in [0.2, 0.25) is 0 Å². The van der Waals surface area contributed by atoms with Crippen LogP contribution in [-0.4, -0.2) is 24.7 Å². The molecule has 0 heterocycles. The molecule has 0 saturated carbocycles. The Kier molecular flexibility index (Phi) is 4.16. The van der Waals surface area contributed by atoms with Crippen LogP contribution in [0.1, 0.15) is 12.5 Å². The number of anilines is 1. The van der Waals surface area contributed by atoms with Gasteiger partial charge in [-0.15, -0.1) is 0 Å². The molecule has 0 amide bonds. The van der Waals surface area contributed by atoms with Crippen molar-refractivity contribution in [1.29, 1.82) is 0 Å². The highest BCUT2D eigenvalue weighted by Crippen LogP contribution is 2.21. The molecule has 2 N–H and O–H groups in total. The van der Waals surface area contributed by atoms with E-state index in [1.54, 1.807) is 25.1 Å². The molecule has 0 saturated heterocycles. The van der Waals surface area contributed by atoms with Crippen molar-refractivity contribution in [2.75, 3.05) is 4.72 Å². The molecule has 0 radical (unpaired) electrons. The zero-order valence-corrected chi connectivity index (χ0v) is 11.7. The largest absolute Gasteiger partial charge is 0.480 e. The number of carbonyl (C=O) groups is 1. The third-order valence-electron chi connectivity index (χ3n) is 2.25. The molecule has 7 heteroatoms. The quantitative estimate of drug-likeness (QED) is 0.888. The van der Waals surface area contributed by atoms with Crippen molar-refractivity contribution in [3.05, 3.63) is 28.2 Å². The fourth-order valence-corrected chi connectivity index (χ4v) is 2.57. The summed E-state index contributed by atoms with van der Waals surface area (Å²) in [6, 6.07) is 4.99. The van der Waals surface area contributed by atoms with Crippen LogP contribution < -0.4 is 4.72 Å². The zero-order chi connectivity index (χ0) is 13.2. The van der Waals surface area contributed by atoms with Gasteiger partial charge in [0.1, 0.15) is 0 Å². The van der Waals surface area contributed by atoms with Gasteiger partial charge in [0.15, 0.2) is 5.25 Å². The number of nitrogens with one attached hydrogen (secondary N) is 1. The van der Waals surface area contributed by atoms with Crippen molar-refractivity contribution in [3.8, 4) is 0 Å². The smallest absolute Gasteiger partial charge is 0.323 e. The van der Waals surface area contributed by atoms with E-state index < -0.39 is 21.2 Å². The molecule has 1 unspecified atom stereocenters. The number of rotatable bonds is 4. The van der Waals surface area contributed by atoms with E-state index in [1.807, 2.05) is 0 Å². The Balaban J connectivity index is 3.02. The van der Waals surface area contributed by atoms with Gasteiger partial charge in [0.2, 0.25) is 10.0 Å². The third kappa shape index (κ3) is 3.44. The minimum Gasteiger partial charge on any atom is -0.480 e. The number of hydrogen-bond donors (Lipinski definition) is 2. The maximum absolute atomic E-state index is 11.7. The van der Waals surface area contributed by atoms with Crippen molar-refractivity contribution in [2.45, 2.75) is 19.1 Å². The maximum Gasteiger partial charge on any atom is 0.323 e. The lowest BCUT2D eigenvalue weighted by Crippen LogP contribution is -2.32. The molecule has 0 aliphatic carbocycles. The predicted octanol–water partition coefficient (Wildman–Crippen LogP) is 1.97. The lowest BCUT2D eigenvalue weighted by atomic mass is 10.2. The monoisotopic (exact) mass is 321 g/mol. The number of carboxylic acid groups (broad SMARTS) is 1. The number of carboxylic acids is 1. The SMILES string of the molecule is Cc1cc(Br)ccc1NS(=O)(=O)C(C)C(=O)O. The first kappa shape index (κ1) is 14.0. The summed E-state index contributed by atoms with van der Waals surface area (Å²) in [7, 11) is -3.91. The molecular weight excluding hydrogens is 310 g/mol. The van der Waals surface area contributed by atoms with Gasteiger partial charge in [-0.3, -0.25) is 9.52 Å². The fraction of sp³-hybridized carbons (Fsp3) is 0.300. The molecule has 0 aromatic heterocycles. The molecule has 17 heavy (non-hydrogen) atoms. The molecule has 1 aromatic rings. The van der Waals surface area contributed by atoms with Crippen LogP contribution in [0.25, 0.3) is 0 Å². The van der Waals surface area contributed by atoms with Gasteiger partial charge in [0.05, 0.1) is 5.69 Å². The molecule has 5 nitrogen and oxygen atoms in total. The number of halogens is 1. The van der Waals surface area contributed by atoms with Crippen LogP contribution in [0, 0.1) is 6.92 Å². The molecule has 0 aliphatic rings. The highest BCUT2D eigenvalue weighted by Gasteiger charge is 2.27. The lowest BCUT2D eigenvalue weighted by molar-refractivity contribution is -0.136. The number of sulfonamides is 1. The molecule has 0 fully saturated rings. The average Bonchev–Trinajstić information content (AvgIpc) is 2.21. The molecule has 0 spiro atoms. The number of benzene rings is 1. The second kappa shape index (κ2) is 5.05. The van der Waals surface area contributed by atoms with Crippen LogP contribution in [0.5, 0.6) is 0 Å². The summed E-state index contributed by atoms with van der Waals surface area (Å²) in [4.78, 5) is 10.6. The van der Waals surface area contributed by atoms with Crippen molar-refractivity contribution in [1.82, 2.24) is 0 Å². The first-order chi connectivity index (χ1) is 7.74. The van der Waals surface area contributed by atoms with Crippen molar-refractivity contribution in [3.63, 3.8) is 0 Å². The summed E-state index contributed by atoms with van der Waals surface area (Å²) in [5.74, 6) is -1.38. The number of hydrogen-bond acceptors (Lipinski definition) is 3. The molecular formula is C10H12BrNO4S. The Bertz CT molecular complexity index is 541. The van der Waals surface area contributed by atoms with E-state index in [-0.39, 0.29) is 0 Å². The van der Waals surface area contributed by atoms with Crippen molar-refractivity contribution >= 4 is 37.6 Å². The van der Waals surface area contributed by atoms with Crippen LogP contribution in [0.3, 0.4) is 0 Å². The van der Waals surface area contributed by atoms with E-state index in [9.17, 15) is 13.2 Å². The van der Waals surface area contributed by atoms with Gasteiger partial charge in [-0.25, -0.2) is 8.42 Å². The van der Waals surface area contributed by atoms with Crippen LogP contribution in [0.15, 0.2) is 22.7 Å². The Labute approximate surface area is 108 Å². The second-order valence-electron chi connectivity index (χ2n) is 3.59. The Morgan fingerprint density at radius 2 is 2.06 bits per heavy atom. The molecule has 0 bridgehead atoms. The summed E-state index contributed by atoms with van der Waals surface area (Å²) in [6.07, 6.45) is 0. The molecule has 94 valence electrons. The standard InChI is InChI=1S/C10H12BrNO4S/c1-6-5-8(11)3-4-9(6)12-17(15,16)7(2)10(13)14/h3-5,7,12H,1-2H3,(H,13,14). The minimum absolute atomic E-state index is 0.376. The fourth-order valence-electron chi connectivity index (χ4n) is 1.12. The van der Waals surface area contributed by atoms with Crippen molar-refractivity contribution < 1.29 is 18.3 Å². The van der Waals surface area contributed by atoms with E-state index in [1.165, 1.54) is 0 Å². The normalized spacial score (nSPS) is 13.1. The van der Waals surface area contributed by atoms with E-state index in [0.29, 0.717) is 11.3 Å². The summed E-state index contributed by atoms with van der Waals surface area (Å²) in [5.41, 5.74) is 1.09. The minimum atomic E-state index is -3.91. The molecule has 1 aromatic carbocycles.